The zero-order valence-electron chi connectivity index (χ0n) is 14.9. The maximum absolute atomic E-state index is 12.2. The molecule has 1 saturated heterocycles. The van der Waals surface area contributed by atoms with E-state index in [-0.39, 0.29) is 11.9 Å². The number of hydrogen-bond donors (Lipinski definition) is 2. The molecule has 0 aliphatic carbocycles. The minimum absolute atomic E-state index is 0.158. The molecule has 4 heteroatoms. The molecule has 4 nitrogen and oxygen atoms in total. The molecule has 0 saturated carbocycles. The summed E-state index contributed by atoms with van der Waals surface area (Å²) in [4.78, 5) is 14.2. The molecule has 0 spiro atoms. The molecule has 1 unspecified atom stereocenters. The fourth-order valence-corrected chi connectivity index (χ4v) is 3.27. The van der Waals surface area contributed by atoms with Crippen molar-refractivity contribution in [1.82, 2.24) is 10.2 Å². The Labute approximate surface area is 146 Å². The number of hydrogen-bond acceptors (Lipinski definition) is 3. The van der Waals surface area contributed by atoms with E-state index in [9.17, 15) is 4.79 Å². The summed E-state index contributed by atoms with van der Waals surface area (Å²) in [6, 6.07) is 10.3. The van der Waals surface area contributed by atoms with E-state index in [2.05, 4.69) is 35.6 Å². The number of nitrogens with two attached hydrogens (primary N) is 1. The molecule has 2 rings (SSSR count). The third kappa shape index (κ3) is 7.02. The maximum atomic E-state index is 12.2. The number of rotatable bonds is 10. The van der Waals surface area contributed by atoms with Gasteiger partial charge in [-0.05, 0) is 63.6 Å². The van der Waals surface area contributed by atoms with Crippen LogP contribution in [-0.4, -0.2) is 43.0 Å². The van der Waals surface area contributed by atoms with Crippen molar-refractivity contribution in [2.24, 2.45) is 5.73 Å². The molecule has 1 atom stereocenters. The summed E-state index contributed by atoms with van der Waals surface area (Å²) in [6.07, 6.45) is 8.71. The van der Waals surface area contributed by atoms with Crippen LogP contribution in [-0.2, 0) is 11.2 Å². The summed E-state index contributed by atoms with van der Waals surface area (Å²) in [5.74, 6) is 0.158. The summed E-state index contributed by atoms with van der Waals surface area (Å²) >= 11 is 0. The van der Waals surface area contributed by atoms with Crippen LogP contribution in [0.15, 0.2) is 30.3 Å². The van der Waals surface area contributed by atoms with Crippen molar-refractivity contribution < 1.29 is 4.79 Å². The Morgan fingerprint density at radius 1 is 1.04 bits per heavy atom. The first-order valence-electron chi connectivity index (χ1n) is 9.56. The van der Waals surface area contributed by atoms with E-state index in [1.54, 1.807) is 0 Å². The molecule has 0 bridgehead atoms. The van der Waals surface area contributed by atoms with Crippen molar-refractivity contribution in [3.8, 4) is 0 Å². The highest BCUT2D eigenvalue weighted by atomic mass is 16.2. The fourth-order valence-electron chi connectivity index (χ4n) is 3.27. The lowest BCUT2D eigenvalue weighted by molar-refractivity contribution is -0.133. The molecule has 24 heavy (non-hydrogen) atoms. The van der Waals surface area contributed by atoms with Gasteiger partial charge in [0.25, 0.3) is 0 Å². The number of unbranched alkanes of at least 4 members (excludes halogenated alkanes) is 1. The van der Waals surface area contributed by atoms with Crippen molar-refractivity contribution in [3.05, 3.63) is 35.9 Å². The quantitative estimate of drug-likeness (QED) is 0.648. The number of aryl methyl sites for hydroxylation is 1. The molecule has 1 aliphatic heterocycles. The number of nitrogens with one attached hydrogen (secondary N) is 1. The van der Waals surface area contributed by atoms with Gasteiger partial charge in [0.05, 0.1) is 6.04 Å². The first-order chi connectivity index (χ1) is 11.8. The number of nitrogens with zero attached hydrogens (tertiary/aromatic N) is 1. The van der Waals surface area contributed by atoms with Crippen LogP contribution in [0.3, 0.4) is 0 Å². The van der Waals surface area contributed by atoms with Crippen molar-refractivity contribution in [1.29, 1.82) is 0 Å². The van der Waals surface area contributed by atoms with Gasteiger partial charge in [0.1, 0.15) is 0 Å². The summed E-state index contributed by atoms with van der Waals surface area (Å²) in [5.41, 5.74) is 7.47. The summed E-state index contributed by atoms with van der Waals surface area (Å²) in [5, 5.41) is 3.49. The third-order valence-corrected chi connectivity index (χ3v) is 4.77. The minimum atomic E-state index is -0.304. The van der Waals surface area contributed by atoms with E-state index in [0.717, 1.165) is 71.1 Å². The van der Waals surface area contributed by atoms with Crippen LogP contribution in [0.4, 0.5) is 0 Å². The Bertz CT molecular complexity index is 457. The summed E-state index contributed by atoms with van der Waals surface area (Å²) in [7, 11) is 0. The van der Waals surface area contributed by atoms with Crippen LogP contribution in [0.25, 0.3) is 0 Å². The number of carbonyl (C=O) groups excluding carboxylic acids is 1. The molecule has 1 aromatic rings. The molecule has 0 aromatic heterocycles. The lowest BCUT2D eigenvalue weighted by Crippen LogP contribution is -2.45. The highest BCUT2D eigenvalue weighted by Gasteiger charge is 2.21. The Morgan fingerprint density at radius 3 is 2.50 bits per heavy atom. The van der Waals surface area contributed by atoms with Gasteiger partial charge in [-0.3, -0.25) is 4.79 Å². The second-order valence-electron chi connectivity index (χ2n) is 6.83. The van der Waals surface area contributed by atoms with Gasteiger partial charge in [-0.25, -0.2) is 0 Å². The normalized spacial score (nSPS) is 16.1. The molecule has 3 N–H and O–H groups in total. The highest BCUT2D eigenvalue weighted by molar-refractivity contribution is 5.81. The first-order valence-corrected chi connectivity index (χ1v) is 9.56. The molecule has 1 amide bonds. The Kier molecular flexibility index (Phi) is 8.85. The standard InChI is InChI=1S/C20H33N3O/c21-19(20(24)23-16-7-2-8-17-23)13-5-6-14-22-15-9-12-18-10-3-1-4-11-18/h1,3-4,10-11,19,22H,2,5-9,12-17,21H2. The number of carbonyl (C=O) groups is 1. The smallest absolute Gasteiger partial charge is 0.239 e. The topological polar surface area (TPSA) is 58.4 Å². The highest BCUT2D eigenvalue weighted by Crippen LogP contribution is 2.11. The lowest BCUT2D eigenvalue weighted by atomic mass is 10.1. The minimum Gasteiger partial charge on any atom is -0.341 e. The lowest BCUT2D eigenvalue weighted by Gasteiger charge is -2.29. The summed E-state index contributed by atoms with van der Waals surface area (Å²) in [6.45, 7) is 3.86. The first kappa shape index (κ1) is 18.9. The van der Waals surface area contributed by atoms with Gasteiger partial charge in [-0.2, -0.15) is 0 Å². The average molecular weight is 332 g/mol. The SMILES string of the molecule is NC(CCCCNCCCc1ccccc1)C(=O)N1CCCCC1. The third-order valence-electron chi connectivity index (χ3n) is 4.77. The van der Waals surface area contributed by atoms with E-state index in [0.29, 0.717) is 0 Å². The van der Waals surface area contributed by atoms with Crippen LogP contribution in [0, 0.1) is 0 Å². The molecular weight excluding hydrogens is 298 g/mol. The van der Waals surface area contributed by atoms with Gasteiger partial charge < -0.3 is 16.0 Å². The Hall–Kier alpha value is -1.39. The van der Waals surface area contributed by atoms with Crippen molar-refractivity contribution >= 4 is 5.91 Å². The fraction of sp³-hybridized carbons (Fsp3) is 0.650. The van der Waals surface area contributed by atoms with Gasteiger partial charge in [0.2, 0.25) is 5.91 Å². The van der Waals surface area contributed by atoms with Crippen LogP contribution in [0.5, 0.6) is 0 Å². The number of benzene rings is 1. The molecular formula is C20H33N3O. The molecule has 0 radical (unpaired) electrons. The van der Waals surface area contributed by atoms with Crippen molar-refractivity contribution in [2.45, 2.75) is 57.4 Å². The zero-order chi connectivity index (χ0) is 17.0. The van der Waals surface area contributed by atoms with Gasteiger partial charge in [-0.1, -0.05) is 36.8 Å². The molecule has 1 aliphatic rings. The van der Waals surface area contributed by atoms with Gasteiger partial charge in [0, 0.05) is 13.1 Å². The van der Waals surface area contributed by atoms with Crippen LogP contribution in [0.1, 0.15) is 50.5 Å². The average Bonchev–Trinajstić information content (AvgIpc) is 2.64. The van der Waals surface area contributed by atoms with E-state index in [1.807, 2.05) is 4.90 Å². The van der Waals surface area contributed by atoms with Crippen molar-refractivity contribution in [3.63, 3.8) is 0 Å². The number of piperidine rings is 1. The second-order valence-corrected chi connectivity index (χ2v) is 6.83. The zero-order valence-corrected chi connectivity index (χ0v) is 14.9. The monoisotopic (exact) mass is 331 g/mol. The number of amides is 1. The van der Waals surface area contributed by atoms with Gasteiger partial charge in [0.15, 0.2) is 0 Å². The molecule has 1 aromatic carbocycles. The van der Waals surface area contributed by atoms with Crippen LogP contribution < -0.4 is 11.1 Å². The van der Waals surface area contributed by atoms with E-state index >= 15 is 0 Å². The predicted octanol–water partition coefficient (Wildman–Crippen LogP) is 2.72. The number of likely N-dealkylation sites (tertiary alicyclic amines) is 1. The van der Waals surface area contributed by atoms with Gasteiger partial charge in [-0.15, -0.1) is 0 Å². The Morgan fingerprint density at radius 2 is 1.75 bits per heavy atom. The summed E-state index contributed by atoms with van der Waals surface area (Å²) < 4.78 is 0. The second kappa shape index (κ2) is 11.2. The van der Waals surface area contributed by atoms with Crippen LogP contribution in [0.2, 0.25) is 0 Å². The van der Waals surface area contributed by atoms with Crippen molar-refractivity contribution in [2.75, 3.05) is 26.2 Å². The molecule has 134 valence electrons. The molecule has 1 heterocycles. The van der Waals surface area contributed by atoms with Gasteiger partial charge >= 0.3 is 0 Å². The van der Waals surface area contributed by atoms with Crippen LogP contribution >= 0.6 is 0 Å². The predicted molar refractivity (Wildman–Crippen MR) is 99.9 cm³/mol. The van der Waals surface area contributed by atoms with E-state index in [1.165, 1.54) is 12.0 Å². The van der Waals surface area contributed by atoms with E-state index < -0.39 is 0 Å². The molecule has 1 fully saturated rings. The Balaban J connectivity index is 1.45. The largest absolute Gasteiger partial charge is 0.341 e. The maximum Gasteiger partial charge on any atom is 0.239 e. The van der Waals surface area contributed by atoms with E-state index in [4.69, 9.17) is 5.73 Å².